The zero-order valence-corrected chi connectivity index (χ0v) is 19.0. The van der Waals surface area contributed by atoms with Gasteiger partial charge in [0.25, 0.3) is 0 Å². The highest BCUT2D eigenvalue weighted by molar-refractivity contribution is 5.80. The number of hydrogen-bond donors (Lipinski definition) is 1. The van der Waals surface area contributed by atoms with E-state index in [1.54, 1.807) is 16.8 Å². The number of nitrogens with zero attached hydrogens (tertiary/aromatic N) is 5. The summed E-state index contributed by atoms with van der Waals surface area (Å²) >= 11 is 0. The second kappa shape index (κ2) is 10.3. The lowest BCUT2D eigenvalue weighted by Crippen LogP contribution is -2.50. The first-order valence-corrected chi connectivity index (χ1v) is 11.7. The quantitative estimate of drug-likeness (QED) is 0.421. The van der Waals surface area contributed by atoms with E-state index in [1.165, 1.54) is 12.1 Å². The van der Waals surface area contributed by atoms with Crippen molar-refractivity contribution in [1.29, 1.82) is 0 Å². The molecule has 4 rings (SSSR count). The normalized spacial score (nSPS) is 21.5. The molecule has 2 aromatic rings. The molecule has 0 amide bonds. The molecule has 3 heterocycles. The molecule has 2 aliphatic heterocycles. The third-order valence-electron chi connectivity index (χ3n) is 5.96. The summed E-state index contributed by atoms with van der Waals surface area (Å²) in [6, 6.07) is 6.50. The van der Waals surface area contributed by atoms with E-state index in [1.807, 2.05) is 18.4 Å². The number of aromatic nitrogens is 3. The monoisotopic (exact) mass is 444 g/mol. The lowest BCUT2D eigenvalue weighted by molar-refractivity contribution is -0.0605. The Morgan fingerprint density at radius 2 is 2.09 bits per heavy atom. The molecule has 0 aliphatic carbocycles. The molecule has 9 heteroatoms. The molecule has 32 heavy (non-hydrogen) atoms. The molecule has 1 N–H and O–H groups in total. The van der Waals surface area contributed by atoms with E-state index in [0.29, 0.717) is 19.6 Å². The number of nitrogens with one attached hydrogen (secondary N) is 1. The van der Waals surface area contributed by atoms with Crippen LogP contribution in [0.1, 0.15) is 50.6 Å². The Bertz CT molecular complexity index is 983. The molecule has 2 unspecified atom stereocenters. The lowest BCUT2D eigenvalue weighted by atomic mass is 10.1. The number of guanidine groups is 1. The van der Waals surface area contributed by atoms with Gasteiger partial charge in [-0.15, -0.1) is 0 Å². The highest BCUT2D eigenvalue weighted by Crippen LogP contribution is 2.25. The Labute approximate surface area is 188 Å². The Balaban J connectivity index is 1.39. The average Bonchev–Trinajstić information content (AvgIpc) is 3.11. The maximum Gasteiger partial charge on any atom is 0.345 e. The predicted molar refractivity (Wildman–Crippen MR) is 121 cm³/mol. The molecule has 174 valence electrons. The van der Waals surface area contributed by atoms with E-state index in [9.17, 15) is 9.18 Å². The van der Waals surface area contributed by atoms with Crippen molar-refractivity contribution in [2.45, 2.75) is 64.8 Å². The van der Waals surface area contributed by atoms with E-state index in [-0.39, 0.29) is 23.7 Å². The summed E-state index contributed by atoms with van der Waals surface area (Å²) in [4.78, 5) is 19.5. The van der Waals surface area contributed by atoms with Crippen LogP contribution in [0.25, 0.3) is 0 Å². The standard InChI is InChI=1S/C23H33FN6O2/c1-3-25-22(26-12-6-14-30-23(31)29-13-5-4-7-21(29)27-30)28-15-17(2)32-20(16-28)18-8-10-19(24)11-9-18/h8-11,17,20H,3-7,12-16H2,1-2H3,(H,25,26). The van der Waals surface area contributed by atoms with Crippen molar-refractivity contribution in [3.8, 4) is 0 Å². The van der Waals surface area contributed by atoms with Gasteiger partial charge in [0, 0.05) is 39.1 Å². The van der Waals surface area contributed by atoms with Gasteiger partial charge in [0.15, 0.2) is 5.96 Å². The number of aliphatic imine (C=N–C) groups is 1. The first-order valence-electron chi connectivity index (χ1n) is 11.7. The van der Waals surface area contributed by atoms with Gasteiger partial charge in [-0.1, -0.05) is 12.1 Å². The van der Waals surface area contributed by atoms with E-state index in [2.05, 4.69) is 15.3 Å². The summed E-state index contributed by atoms with van der Waals surface area (Å²) < 4.78 is 22.8. The van der Waals surface area contributed by atoms with Crippen molar-refractivity contribution in [3.63, 3.8) is 0 Å². The van der Waals surface area contributed by atoms with E-state index in [4.69, 9.17) is 9.73 Å². The van der Waals surface area contributed by atoms with Gasteiger partial charge in [-0.05, 0) is 50.8 Å². The Morgan fingerprint density at radius 3 is 2.84 bits per heavy atom. The Hall–Kier alpha value is -2.68. The molecule has 2 aliphatic rings. The number of rotatable bonds is 6. The second-order valence-electron chi connectivity index (χ2n) is 8.51. The summed E-state index contributed by atoms with van der Waals surface area (Å²) in [5.41, 5.74) is 0.960. The fourth-order valence-electron chi connectivity index (χ4n) is 4.41. The molecule has 0 spiro atoms. The van der Waals surface area contributed by atoms with Crippen molar-refractivity contribution in [2.24, 2.45) is 4.99 Å². The Morgan fingerprint density at radius 1 is 1.28 bits per heavy atom. The number of fused-ring (bicyclic) bond motifs is 1. The van der Waals surface area contributed by atoms with Gasteiger partial charge in [-0.2, -0.15) is 5.10 Å². The van der Waals surface area contributed by atoms with Gasteiger partial charge < -0.3 is 15.0 Å². The van der Waals surface area contributed by atoms with E-state index >= 15 is 0 Å². The van der Waals surface area contributed by atoms with Gasteiger partial charge in [0.1, 0.15) is 17.7 Å². The van der Waals surface area contributed by atoms with Crippen molar-refractivity contribution in [3.05, 3.63) is 52.0 Å². The van der Waals surface area contributed by atoms with Crippen LogP contribution in [0.3, 0.4) is 0 Å². The van der Waals surface area contributed by atoms with Crippen LogP contribution in [0, 0.1) is 5.82 Å². The fraction of sp³-hybridized carbons (Fsp3) is 0.609. The van der Waals surface area contributed by atoms with Crippen LogP contribution in [0.4, 0.5) is 4.39 Å². The first kappa shape index (κ1) is 22.5. The molecule has 0 saturated carbocycles. The second-order valence-corrected chi connectivity index (χ2v) is 8.51. The third-order valence-corrected chi connectivity index (χ3v) is 5.96. The molecule has 0 radical (unpaired) electrons. The van der Waals surface area contributed by atoms with Crippen LogP contribution >= 0.6 is 0 Å². The smallest absolute Gasteiger partial charge is 0.345 e. The van der Waals surface area contributed by atoms with Crippen molar-refractivity contribution in [2.75, 3.05) is 26.2 Å². The van der Waals surface area contributed by atoms with Gasteiger partial charge in [0.2, 0.25) is 0 Å². The minimum Gasteiger partial charge on any atom is -0.367 e. The Kier molecular flexibility index (Phi) is 7.24. The summed E-state index contributed by atoms with van der Waals surface area (Å²) in [7, 11) is 0. The van der Waals surface area contributed by atoms with Gasteiger partial charge in [-0.3, -0.25) is 9.56 Å². The molecule has 0 bridgehead atoms. The number of morpholine rings is 1. The maximum absolute atomic E-state index is 13.3. The molecular weight excluding hydrogens is 411 g/mol. The third kappa shape index (κ3) is 5.20. The van der Waals surface area contributed by atoms with Crippen molar-refractivity contribution < 1.29 is 9.13 Å². The van der Waals surface area contributed by atoms with Crippen LogP contribution in [0.5, 0.6) is 0 Å². The van der Waals surface area contributed by atoms with Crippen molar-refractivity contribution >= 4 is 5.96 Å². The predicted octanol–water partition coefficient (Wildman–Crippen LogP) is 2.34. The maximum atomic E-state index is 13.3. The lowest BCUT2D eigenvalue weighted by Gasteiger charge is -2.38. The van der Waals surface area contributed by atoms with Crippen LogP contribution in [0.2, 0.25) is 0 Å². The minimum absolute atomic E-state index is 0.000250. The average molecular weight is 445 g/mol. The summed E-state index contributed by atoms with van der Waals surface area (Å²) in [5.74, 6) is 1.50. The summed E-state index contributed by atoms with van der Waals surface area (Å²) in [6.07, 6.45) is 3.66. The molecule has 1 fully saturated rings. The van der Waals surface area contributed by atoms with Crippen LogP contribution < -0.4 is 11.0 Å². The highest BCUT2D eigenvalue weighted by atomic mass is 19.1. The molecular formula is C23H33FN6O2. The van der Waals surface area contributed by atoms with Crippen molar-refractivity contribution in [1.82, 2.24) is 24.6 Å². The first-order chi connectivity index (χ1) is 15.5. The zero-order chi connectivity index (χ0) is 22.5. The molecule has 1 aromatic carbocycles. The number of aryl methyl sites for hydroxylation is 2. The summed E-state index contributed by atoms with van der Waals surface area (Å²) in [5, 5.41) is 7.88. The SMILES string of the molecule is CCNC(=NCCCn1nc2n(c1=O)CCCC2)N1CC(C)OC(c2ccc(F)cc2)C1. The molecule has 1 saturated heterocycles. The zero-order valence-electron chi connectivity index (χ0n) is 19.0. The largest absolute Gasteiger partial charge is 0.367 e. The van der Waals surface area contributed by atoms with Crippen LogP contribution in [0.15, 0.2) is 34.1 Å². The molecule has 8 nitrogen and oxygen atoms in total. The number of halogens is 1. The number of benzene rings is 1. The van der Waals surface area contributed by atoms with Gasteiger partial charge in [0.05, 0.1) is 12.6 Å². The highest BCUT2D eigenvalue weighted by Gasteiger charge is 2.28. The summed E-state index contributed by atoms with van der Waals surface area (Å²) in [6.45, 7) is 8.18. The molecule has 1 aromatic heterocycles. The molecule has 2 atom stereocenters. The fourth-order valence-corrected chi connectivity index (χ4v) is 4.41. The van der Waals surface area contributed by atoms with Crippen LogP contribution in [-0.4, -0.2) is 57.5 Å². The minimum atomic E-state index is -0.248. The van der Waals surface area contributed by atoms with Gasteiger partial charge in [-0.25, -0.2) is 13.9 Å². The van der Waals surface area contributed by atoms with E-state index < -0.39 is 0 Å². The van der Waals surface area contributed by atoms with Gasteiger partial charge >= 0.3 is 5.69 Å². The number of ether oxygens (including phenoxy) is 1. The number of hydrogen-bond acceptors (Lipinski definition) is 4. The van der Waals surface area contributed by atoms with Crippen LogP contribution in [-0.2, 0) is 24.2 Å². The van der Waals surface area contributed by atoms with E-state index in [0.717, 1.165) is 62.7 Å². The topological polar surface area (TPSA) is 76.7 Å².